The Morgan fingerprint density at radius 1 is 0.900 bits per heavy atom. The molecule has 0 radical (unpaired) electrons. The summed E-state index contributed by atoms with van der Waals surface area (Å²) in [7, 11) is 1.33. The number of carboxylic acids is 1. The van der Waals surface area contributed by atoms with E-state index in [1.54, 1.807) is 42.5 Å². The third-order valence-corrected chi connectivity index (χ3v) is 5.95. The van der Waals surface area contributed by atoms with Crippen LogP contribution >= 0.6 is 0 Å². The summed E-state index contributed by atoms with van der Waals surface area (Å²) in [6.45, 7) is -0.347. The average molecular weight is 556 g/mol. The van der Waals surface area contributed by atoms with E-state index in [-0.39, 0.29) is 37.5 Å². The van der Waals surface area contributed by atoms with Gasteiger partial charge in [0.2, 0.25) is 17.7 Å². The number of nitrogens with zero attached hydrogens (tertiary/aromatic N) is 2. The topological polar surface area (TPSA) is 226 Å². The predicted molar refractivity (Wildman–Crippen MR) is 149 cm³/mol. The molecule has 13 nitrogen and oxygen atoms in total. The first-order chi connectivity index (χ1) is 19.0. The van der Waals surface area contributed by atoms with E-state index in [0.29, 0.717) is 12.0 Å². The molecule has 0 aliphatic carbocycles. The SMILES string of the molecule is CN(CC(=O)O)C(=O)[C@H](Cc1ccccc1)NC(=O)[C@H](CCCN=C(N)N)NC(=O)[C@H](N)Cc1ccc(O)cc1. The highest BCUT2D eigenvalue weighted by Gasteiger charge is 2.30. The van der Waals surface area contributed by atoms with E-state index >= 15 is 0 Å². The first-order valence-electron chi connectivity index (χ1n) is 12.7. The molecule has 2 aromatic carbocycles. The zero-order valence-corrected chi connectivity index (χ0v) is 22.3. The number of likely N-dealkylation sites (N-methyl/N-ethyl adjacent to an activating group) is 1. The van der Waals surface area contributed by atoms with Crippen molar-refractivity contribution in [1.29, 1.82) is 0 Å². The Bertz CT molecular complexity index is 1170. The molecule has 0 heterocycles. The molecule has 40 heavy (non-hydrogen) atoms. The lowest BCUT2D eigenvalue weighted by atomic mass is 10.0. The summed E-state index contributed by atoms with van der Waals surface area (Å²) >= 11 is 0. The molecule has 0 unspecified atom stereocenters. The maximum absolute atomic E-state index is 13.4. The summed E-state index contributed by atoms with van der Waals surface area (Å²) in [6.07, 6.45) is 0.727. The van der Waals surface area contributed by atoms with Crippen molar-refractivity contribution in [3.8, 4) is 5.75 Å². The highest BCUT2D eigenvalue weighted by atomic mass is 16.4. The van der Waals surface area contributed by atoms with Gasteiger partial charge in [-0.3, -0.25) is 24.2 Å². The number of carbonyl (C=O) groups excluding carboxylic acids is 3. The number of guanidine groups is 1. The Morgan fingerprint density at radius 3 is 2.10 bits per heavy atom. The Hall–Kier alpha value is -4.65. The molecule has 2 aromatic rings. The molecule has 216 valence electrons. The second kappa shape index (κ2) is 15.7. The minimum Gasteiger partial charge on any atom is -0.508 e. The van der Waals surface area contributed by atoms with Gasteiger partial charge in [-0.25, -0.2) is 0 Å². The molecule has 0 aromatic heterocycles. The molecule has 0 aliphatic rings. The number of nitrogens with two attached hydrogens (primary N) is 3. The Balaban J connectivity index is 2.20. The maximum atomic E-state index is 13.4. The number of carboxylic acid groups (broad SMARTS) is 1. The average Bonchev–Trinajstić information content (AvgIpc) is 2.90. The normalized spacial score (nSPS) is 12.8. The molecule has 0 aliphatic heterocycles. The van der Waals surface area contributed by atoms with E-state index in [2.05, 4.69) is 15.6 Å². The first kappa shape index (κ1) is 31.6. The van der Waals surface area contributed by atoms with Crippen LogP contribution in [0.3, 0.4) is 0 Å². The predicted octanol–water partition coefficient (Wildman–Crippen LogP) is -0.929. The van der Waals surface area contributed by atoms with E-state index in [9.17, 15) is 24.3 Å². The fourth-order valence-electron chi connectivity index (χ4n) is 3.90. The molecule has 3 atom stereocenters. The molecule has 0 fully saturated rings. The summed E-state index contributed by atoms with van der Waals surface area (Å²) in [6, 6.07) is 12.0. The van der Waals surface area contributed by atoms with Crippen molar-refractivity contribution in [3.05, 3.63) is 65.7 Å². The second-order valence-electron chi connectivity index (χ2n) is 9.33. The summed E-state index contributed by atoms with van der Waals surface area (Å²) in [5.41, 5.74) is 18.3. The van der Waals surface area contributed by atoms with Crippen molar-refractivity contribution in [2.24, 2.45) is 22.2 Å². The van der Waals surface area contributed by atoms with E-state index < -0.39 is 48.4 Å². The van der Waals surface area contributed by atoms with Crippen LogP contribution in [0.15, 0.2) is 59.6 Å². The maximum Gasteiger partial charge on any atom is 0.323 e. The number of hydrogen-bond acceptors (Lipinski definition) is 7. The quantitative estimate of drug-likeness (QED) is 0.0817. The van der Waals surface area contributed by atoms with Crippen LogP contribution in [0.1, 0.15) is 24.0 Å². The van der Waals surface area contributed by atoms with Crippen molar-refractivity contribution in [3.63, 3.8) is 0 Å². The largest absolute Gasteiger partial charge is 0.508 e. The third-order valence-electron chi connectivity index (χ3n) is 5.95. The molecule has 2 rings (SSSR count). The van der Waals surface area contributed by atoms with Crippen molar-refractivity contribution in [2.75, 3.05) is 20.1 Å². The molecule has 0 saturated carbocycles. The Morgan fingerprint density at radius 2 is 1.50 bits per heavy atom. The van der Waals surface area contributed by atoms with E-state index in [0.717, 1.165) is 10.5 Å². The van der Waals surface area contributed by atoms with Gasteiger partial charge in [0, 0.05) is 20.0 Å². The van der Waals surface area contributed by atoms with Gasteiger partial charge in [-0.15, -0.1) is 0 Å². The van der Waals surface area contributed by atoms with E-state index in [4.69, 9.17) is 22.3 Å². The smallest absolute Gasteiger partial charge is 0.323 e. The molecule has 3 amide bonds. The molecule has 13 heteroatoms. The minimum absolute atomic E-state index is 0.0767. The molecular weight excluding hydrogens is 518 g/mol. The lowest BCUT2D eigenvalue weighted by Gasteiger charge is -2.26. The van der Waals surface area contributed by atoms with Crippen LogP contribution in [0.2, 0.25) is 0 Å². The number of hydrogen-bond donors (Lipinski definition) is 7. The fourth-order valence-corrected chi connectivity index (χ4v) is 3.90. The number of carbonyl (C=O) groups is 4. The summed E-state index contributed by atoms with van der Waals surface area (Å²) < 4.78 is 0. The standard InChI is InChI=1S/C27H37N7O6/c1-34(16-23(36)37)26(40)22(15-17-6-3-2-4-7-17)33-25(39)21(8-5-13-31-27(29)30)32-24(38)20(28)14-18-9-11-19(35)12-10-18/h2-4,6-7,9-12,20-22,35H,5,8,13-16,28H2,1H3,(H,32,38)(H,33,39)(H,36,37)(H4,29,30,31)/t20-,21+,22+/m1/s1. The molecular formula is C27H37N7O6. The Kier molecular flexibility index (Phi) is 12.4. The summed E-state index contributed by atoms with van der Waals surface area (Å²) in [4.78, 5) is 55.5. The number of nitrogens with one attached hydrogen (secondary N) is 2. The highest BCUT2D eigenvalue weighted by molar-refractivity contribution is 5.93. The van der Waals surface area contributed by atoms with Gasteiger partial charge in [-0.1, -0.05) is 42.5 Å². The molecule has 0 spiro atoms. The van der Waals surface area contributed by atoms with Gasteiger partial charge < -0.3 is 42.9 Å². The van der Waals surface area contributed by atoms with Gasteiger partial charge >= 0.3 is 5.97 Å². The van der Waals surface area contributed by atoms with Crippen molar-refractivity contribution in [1.82, 2.24) is 15.5 Å². The van der Waals surface area contributed by atoms with Crippen LogP contribution in [-0.2, 0) is 32.0 Å². The van der Waals surface area contributed by atoms with Crippen LogP contribution in [0, 0.1) is 0 Å². The van der Waals surface area contributed by atoms with Crippen LogP contribution < -0.4 is 27.8 Å². The first-order valence-corrected chi connectivity index (χ1v) is 12.7. The van der Waals surface area contributed by atoms with Crippen molar-refractivity contribution >= 4 is 29.7 Å². The van der Waals surface area contributed by atoms with Crippen molar-refractivity contribution in [2.45, 2.75) is 43.8 Å². The lowest BCUT2D eigenvalue weighted by molar-refractivity contribution is -0.145. The van der Waals surface area contributed by atoms with E-state index in [1.807, 2.05) is 0 Å². The van der Waals surface area contributed by atoms with Crippen LogP contribution in [-0.4, -0.2) is 83.0 Å². The minimum atomic E-state index is -1.20. The third kappa shape index (κ3) is 11.0. The van der Waals surface area contributed by atoms with Gasteiger partial charge in [0.15, 0.2) is 5.96 Å². The zero-order valence-electron chi connectivity index (χ0n) is 22.3. The van der Waals surface area contributed by atoms with Gasteiger partial charge in [-0.05, 0) is 42.5 Å². The number of phenols is 1. The summed E-state index contributed by atoms with van der Waals surface area (Å²) in [5.74, 6) is -3.08. The van der Waals surface area contributed by atoms with E-state index in [1.165, 1.54) is 19.2 Å². The highest BCUT2D eigenvalue weighted by Crippen LogP contribution is 2.12. The van der Waals surface area contributed by atoms with Crippen molar-refractivity contribution < 1.29 is 29.4 Å². The zero-order chi connectivity index (χ0) is 29.7. The number of phenolic OH excluding ortho intramolecular Hbond substituents is 1. The molecule has 0 saturated heterocycles. The molecule has 10 N–H and O–H groups in total. The number of aliphatic imine (C=N–C) groups is 1. The number of rotatable bonds is 15. The van der Waals surface area contributed by atoms with Crippen LogP contribution in [0.4, 0.5) is 0 Å². The lowest BCUT2D eigenvalue weighted by Crippen LogP contribution is -2.57. The second-order valence-corrected chi connectivity index (χ2v) is 9.33. The summed E-state index contributed by atoms with van der Waals surface area (Å²) in [5, 5.41) is 23.9. The fraction of sp³-hybridized carbons (Fsp3) is 0.370. The monoisotopic (exact) mass is 555 g/mol. The number of benzene rings is 2. The van der Waals surface area contributed by atoms with Crippen LogP contribution in [0.25, 0.3) is 0 Å². The number of aromatic hydroxyl groups is 1. The number of aliphatic carboxylic acids is 1. The van der Waals surface area contributed by atoms with Gasteiger partial charge in [-0.2, -0.15) is 0 Å². The number of amides is 3. The van der Waals surface area contributed by atoms with Crippen LogP contribution in [0.5, 0.6) is 5.75 Å². The van der Waals surface area contributed by atoms with Gasteiger partial charge in [0.05, 0.1) is 6.04 Å². The van der Waals surface area contributed by atoms with Gasteiger partial charge in [0.1, 0.15) is 24.4 Å². The Labute approximate surface area is 232 Å². The van der Waals surface area contributed by atoms with Gasteiger partial charge in [0.25, 0.3) is 0 Å². The molecule has 0 bridgehead atoms.